The maximum absolute atomic E-state index is 12.2. The van der Waals surface area contributed by atoms with Gasteiger partial charge in [-0.15, -0.1) is 0 Å². The largest absolute Gasteiger partial charge is 0.324 e. The van der Waals surface area contributed by atoms with Crippen LogP contribution in [0, 0.1) is 0 Å². The summed E-state index contributed by atoms with van der Waals surface area (Å²) >= 11 is 8.04. The summed E-state index contributed by atoms with van der Waals surface area (Å²) < 4.78 is 0. The summed E-state index contributed by atoms with van der Waals surface area (Å²) in [5, 5.41) is 7.80. The van der Waals surface area contributed by atoms with Crippen molar-refractivity contribution in [2.45, 2.75) is 12.5 Å². The second kappa shape index (κ2) is 6.64. The molecule has 1 aliphatic rings. The zero-order valence-electron chi connectivity index (χ0n) is 11.4. The summed E-state index contributed by atoms with van der Waals surface area (Å²) in [7, 11) is 0. The molecule has 3 rings (SSSR count). The number of amides is 1. The number of thioether (sulfide) groups is 1. The highest BCUT2D eigenvalue weighted by atomic mass is 35.5. The van der Waals surface area contributed by atoms with Crippen LogP contribution in [0.3, 0.4) is 0 Å². The van der Waals surface area contributed by atoms with Crippen LogP contribution in [0.4, 0.5) is 5.69 Å². The molecule has 1 aromatic carbocycles. The van der Waals surface area contributed by atoms with Crippen molar-refractivity contribution in [1.82, 2.24) is 10.3 Å². The molecule has 0 saturated carbocycles. The van der Waals surface area contributed by atoms with Crippen molar-refractivity contribution in [3.8, 4) is 0 Å². The average molecular weight is 322 g/mol. The first-order valence-corrected chi connectivity index (χ1v) is 8.41. The van der Waals surface area contributed by atoms with Gasteiger partial charge in [0.15, 0.2) is 0 Å². The van der Waals surface area contributed by atoms with E-state index in [0.29, 0.717) is 17.1 Å². The Bertz CT molecular complexity index is 658. The minimum absolute atomic E-state index is 0.00396. The number of nitrogens with zero attached hydrogens (tertiary/aromatic N) is 1. The van der Waals surface area contributed by atoms with Crippen molar-refractivity contribution in [2.24, 2.45) is 0 Å². The van der Waals surface area contributed by atoms with Crippen LogP contribution in [0.25, 0.3) is 10.9 Å². The lowest BCUT2D eigenvalue weighted by Gasteiger charge is -2.22. The van der Waals surface area contributed by atoms with Gasteiger partial charge in [-0.05, 0) is 24.3 Å². The maximum atomic E-state index is 12.2. The fourth-order valence-electron chi connectivity index (χ4n) is 2.41. The molecule has 6 heteroatoms. The van der Waals surface area contributed by atoms with E-state index < -0.39 is 0 Å². The number of carbonyl (C=O) groups is 1. The Hall–Kier alpha value is -1.30. The smallest absolute Gasteiger partial charge is 0.226 e. The van der Waals surface area contributed by atoms with E-state index in [0.717, 1.165) is 29.0 Å². The Balaban J connectivity index is 1.75. The number of hydrogen-bond acceptors (Lipinski definition) is 4. The number of aromatic nitrogens is 1. The predicted molar refractivity (Wildman–Crippen MR) is 89.1 cm³/mol. The molecule has 0 bridgehead atoms. The molecule has 1 saturated heterocycles. The molecule has 1 unspecified atom stereocenters. The van der Waals surface area contributed by atoms with Crippen molar-refractivity contribution < 1.29 is 4.79 Å². The van der Waals surface area contributed by atoms with Gasteiger partial charge in [0, 0.05) is 42.1 Å². The van der Waals surface area contributed by atoms with Crippen LogP contribution in [0.1, 0.15) is 6.42 Å². The van der Waals surface area contributed by atoms with Crippen LogP contribution in [0.15, 0.2) is 30.5 Å². The molecule has 1 aromatic heterocycles. The highest BCUT2D eigenvalue weighted by molar-refractivity contribution is 7.99. The first-order valence-electron chi connectivity index (χ1n) is 6.88. The molecule has 2 N–H and O–H groups in total. The fraction of sp³-hybridized carbons (Fsp3) is 0.333. The summed E-state index contributed by atoms with van der Waals surface area (Å²) in [5.74, 6) is 2.10. The van der Waals surface area contributed by atoms with E-state index in [9.17, 15) is 4.79 Å². The lowest BCUT2D eigenvalue weighted by atomic mass is 10.1. The molecule has 21 heavy (non-hydrogen) atoms. The number of pyridine rings is 1. The summed E-state index contributed by atoms with van der Waals surface area (Å²) in [6.45, 7) is 0.966. The molecule has 1 aliphatic heterocycles. The van der Waals surface area contributed by atoms with E-state index in [1.165, 1.54) is 0 Å². The SMILES string of the molecule is O=C(CC1CSCCN1)Nc1ccc(Cl)c2cccnc12. The number of nitrogens with one attached hydrogen (secondary N) is 2. The van der Waals surface area contributed by atoms with Crippen LogP contribution in [-0.4, -0.2) is 35.0 Å². The predicted octanol–water partition coefficient (Wildman–Crippen LogP) is 2.92. The van der Waals surface area contributed by atoms with Crippen molar-refractivity contribution in [3.05, 3.63) is 35.5 Å². The molecule has 1 atom stereocenters. The van der Waals surface area contributed by atoms with Crippen molar-refractivity contribution in [1.29, 1.82) is 0 Å². The van der Waals surface area contributed by atoms with Gasteiger partial charge in [-0.3, -0.25) is 9.78 Å². The molecule has 2 heterocycles. The van der Waals surface area contributed by atoms with Gasteiger partial charge < -0.3 is 10.6 Å². The summed E-state index contributed by atoms with van der Waals surface area (Å²) in [4.78, 5) is 16.5. The number of rotatable bonds is 3. The maximum Gasteiger partial charge on any atom is 0.226 e. The summed E-state index contributed by atoms with van der Waals surface area (Å²) in [6, 6.07) is 7.58. The van der Waals surface area contributed by atoms with E-state index in [4.69, 9.17) is 11.6 Å². The van der Waals surface area contributed by atoms with E-state index in [2.05, 4.69) is 15.6 Å². The normalized spacial score (nSPS) is 18.6. The lowest BCUT2D eigenvalue weighted by Crippen LogP contribution is -2.39. The van der Waals surface area contributed by atoms with Gasteiger partial charge in [0.2, 0.25) is 5.91 Å². The highest BCUT2D eigenvalue weighted by Gasteiger charge is 2.17. The molecule has 1 amide bonds. The zero-order valence-corrected chi connectivity index (χ0v) is 13.0. The van der Waals surface area contributed by atoms with Crippen molar-refractivity contribution >= 4 is 45.9 Å². The van der Waals surface area contributed by atoms with Crippen molar-refractivity contribution in [2.75, 3.05) is 23.4 Å². The van der Waals surface area contributed by atoms with Gasteiger partial charge in [-0.2, -0.15) is 11.8 Å². The third-order valence-corrected chi connectivity index (χ3v) is 4.88. The number of benzene rings is 1. The van der Waals surface area contributed by atoms with E-state index in [1.807, 2.05) is 23.9 Å². The zero-order chi connectivity index (χ0) is 14.7. The summed E-state index contributed by atoms with van der Waals surface area (Å²) in [6.07, 6.45) is 2.18. The Labute approximate surface area is 132 Å². The third kappa shape index (κ3) is 3.48. The van der Waals surface area contributed by atoms with Crippen LogP contribution in [-0.2, 0) is 4.79 Å². The molecule has 1 fully saturated rings. The molecular formula is C15H16ClN3OS. The number of carbonyl (C=O) groups excluding carboxylic acids is 1. The van der Waals surface area contributed by atoms with Crippen LogP contribution in [0.5, 0.6) is 0 Å². The Morgan fingerprint density at radius 1 is 1.48 bits per heavy atom. The molecular weight excluding hydrogens is 306 g/mol. The molecule has 0 spiro atoms. The highest BCUT2D eigenvalue weighted by Crippen LogP contribution is 2.28. The van der Waals surface area contributed by atoms with Crippen molar-refractivity contribution in [3.63, 3.8) is 0 Å². The van der Waals surface area contributed by atoms with Gasteiger partial charge in [0.05, 0.1) is 16.2 Å². The fourth-order valence-corrected chi connectivity index (χ4v) is 3.58. The van der Waals surface area contributed by atoms with E-state index in [-0.39, 0.29) is 11.9 Å². The Morgan fingerprint density at radius 3 is 3.19 bits per heavy atom. The third-order valence-electron chi connectivity index (χ3n) is 3.42. The van der Waals surface area contributed by atoms with Crippen LogP contribution in [0.2, 0.25) is 5.02 Å². The lowest BCUT2D eigenvalue weighted by molar-refractivity contribution is -0.116. The summed E-state index contributed by atoms with van der Waals surface area (Å²) in [5.41, 5.74) is 1.44. The van der Waals surface area contributed by atoms with Gasteiger partial charge >= 0.3 is 0 Å². The number of anilines is 1. The number of hydrogen-bond donors (Lipinski definition) is 2. The van der Waals surface area contributed by atoms with Gasteiger partial charge in [-0.25, -0.2) is 0 Å². The van der Waals surface area contributed by atoms with Gasteiger partial charge in [-0.1, -0.05) is 11.6 Å². The number of halogens is 1. The molecule has 110 valence electrons. The van der Waals surface area contributed by atoms with E-state index in [1.54, 1.807) is 18.3 Å². The minimum Gasteiger partial charge on any atom is -0.324 e. The minimum atomic E-state index is 0.00396. The molecule has 2 aromatic rings. The average Bonchev–Trinajstić information content (AvgIpc) is 2.51. The van der Waals surface area contributed by atoms with Crippen LogP contribution >= 0.6 is 23.4 Å². The molecule has 0 aliphatic carbocycles. The quantitative estimate of drug-likeness (QED) is 0.912. The van der Waals surface area contributed by atoms with E-state index >= 15 is 0 Å². The first-order chi connectivity index (χ1) is 10.2. The first kappa shape index (κ1) is 14.6. The van der Waals surface area contributed by atoms with Gasteiger partial charge in [0.1, 0.15) is 0 Å². The number of fused-ring (bicyclic) bond motifs is 1. The second-order valence-corrected chi connectivity index (χ2v) is 6.53. The Kier molecular flexibility index (Phi) is 4.63. The topological polar surface area (TPSA) is 54.0 Å². The Morgan fingerprint density at radius 2 is 2.38 bits per heavy atom. The monoisotopic (exact) mass is 321 g/mol. The molecule has 4 nitrogen and oxygen atoms in total. The van der Waals surface area contributed by atoms with Crippen LogP contribution < -0.4 is 10.6 Å². The standard InChI is InChI=1S/C15H16ClN3OS/c16-12-3-4-13(15-11(12)2-1-5-18-15)19-14(20)8-10-9-21-7-6-17-10/h1-5,10,17H,6-9H2,(H,19,20). The van der Waals surface area contributed by atoms with Gasteiger partial charge in [0.25, 0.3) is 0 Å². The molecule has 0 radical (unpaired) electrons. The second-order valence-electron chi connectivity index (χ2n) is 4.97.